The van der Waals surface area contributed by atoms with E-state index in [1.54, 1.807) is 11.8 Å². The van der Waals surface area contributed by atoms with Crippen LogP contribution in [0.3, 0.4) is 0 Å². The fraction of sp³-hybridized carbons (Fsp3) is 0.500. The normalized spacial score (nSPS) is 10.7. The quantitative estimate of drug-likeness (QED) is 0.639. The third kappa shape index (κ3) is 3.77. The van der Waals surface area contributed by atoms with E-state index in [0.29, 0.717) is 24.1 Å². The Bertz CT molecular complexity index is 500. The third-order valence-electron chi connectivity index (χ3n) is 3.08. The number of carbonyl (C=O) groups is 1. The lowest BCUT2D eigenvalue weighted by Gasteiger charge is -2.26. The maximum atomic E-state index is 12.4. The van der Waals surface area contributed by atoms with Crippen molar-refractivity contribution in [2.45, 2.75) is 33.2 Å². The number of benzene rings is 1. The van der Waals surface area contributed by atoms with Crippen LogP contribution in [0, 0.1) is 17.0 Å². The number of amides is 1. The van der Waals surface area contributed by atoms with Crippen molar-refractivity contribution in [3.8, 4) is 0 Å². The predicted octanol–water partition coefficient (Wildman–Crippen LogP) is 2.14. The molecule has 20 heavy (non-hydrogen) atoms. The van der Waals surface area contributed by atoms with Crippen molar-refractivity contribution in [1.29, 1.82) is 0 Å². The SMILES string of the molecule is Cc1cc(C(=O)N(CCCO)C(C)C)ccc1[N+](=O)[O-]. The lowest BCUT2D eigenvalue weighted by molar-refractivity contribution is -0.385. The van der Waals surface area contributed by atoms with Crippen molar-refractivity contribution < 1.29 is 14.8 Å². The minimum Gasteiger partial charge on any atom is -0.396 e. The number of nitrogens with zero attached hydrogens (tertiary/aromatic N) is 2. The molecule has 0 spiro atoms. The van der Waals surface area contributed by atoms with Crippen LogP contribution in [0.25, 0.3) is 0 Å². The first kappa shape index (κ1) is 16.1. The molecule has 0 heterocycles. The van der Waals surface area contributed by atoms with Gasteiger partial charge in [-0.05, 0) is 39.3 Å². The number of rotatable bonds is 6. The summed E-state index contributed by atoms with van der Waals surface area (Å²) >= 11 is 0. The third-order valence-corrected chi connectivity index (χ3v) is 3.08. The van der Waals surface area contributed by atoms with E-state index in [0.717, 1.165) is 0 Å². The Hall–Kier alpha value is -1.95. The van der Waals surface area contributed by atoms with E-state index in [1.165, 1.54) is 18.2 Å². The molecule has 6 nitrogen and oxygen atoms in total. The topological polar surface area (TPSA) is 83.7 Å². The van der Waals surface area contributed by atoms with Crippen LogP contribution in [0.5, 0.6) is 0 Å². The minimum absolute atomic E-state index is 0.00421. The molecule has 0 unspecified atom stereocenters. The molecule has 0 fully saturated rings. The van der Waals surface area contributed by atoms with E-state index >= 15 is 0 Å². The van der Waals surface area contributed by atoms with Crippen molar-refractivity contribution in [1.82, 2.24) is 4.90 Å². The number of nitro groups is 1. The molecule has 0 radical (unpaired) electrons. The van der Waals surface area contributed by atoms with Gasteiger partial charge in [0.1, 0.15) is 0 Å². The molecular formula is C14H20N2O4. The van der Waals surface area contributed by atoms with Gasteiger partial charge < -0.3 is 10.0 Å². The monoisotopic (exact) mass is 280 g/mol. The highest BCUT2D eigenvalue weighted by molar-refractivity contribution is 5.95. The molecule has 0 aliphatic heterocycles. The Morgan fingerprint density at radius 3 is 2.55 bits per heavy atom. The summed E-state index contributed by atoms with van der Waals surface area (Å²) in [5.41, 5.74) is 0.902. The molecule has 110 valence electrons. The van der Waals surface area contributed by atoms with Crippen LogP contribution in [0.15, 0.2) is 18.2 Å². The van der Waals surface area contributed by atoms with E-state index in [2.05, 4.69) is 0 Å². The van der Waals surface area contributed by atoms with Crippen LogP contribution in [0.2, 0.25) is 0 Å². The summed E-state index contributed by atoms with van der Waals surface area (Å²) in [4.78, 5) is 24.4. The number of carbonyl (C=O) groups excluding carboxylic acids is 1. The van der Waals surface area contributed by atoms with E-state index in [-0.39, 0.29) is 24.2 Å². The van der Waals surface area contributed by atoms with E-state index < -0.39 is 4.92 Å². The van der Waals surface area contributed by atoms with Gasteiger partial charge in [-0.25, -0.2) is 0 Å². The molecule has 0 aromatic heterocycles. The van der Waals surface area contributed by atoms with Gasteiger partial charge >= 0.3 is 0 Å². The van der Waals surface area contributed by atoms with Gasteiger partial charge in [0, 0.05) is 36.4 Å². The molecular weight excluding hydrogens is 260 g/mol. The zero-order valence-electron chi connectivity index (χ0n) is 12.0. The summed E-state index contributed by atoms with van der Waals surface area (Å²) in [7, 11) is 0. The molecule has 1 N–H and O–H groups in total. The average molecular weight is 280 g/mol. The lowest BCUT2D eigenvalue weighted by Crippen LogP contribution is -2.38. The summed E-state index contributed by atoms with van der Waals surface area (Å²) < 4.78 is 0. The first-order chi connectivity index (χ1) is 9.38. The number of hydrogen-bond acceptors (Lipinski definition) is 4. The Kier molecular flexibility index (Phi) is 5.64. The molecule has 0 aliphatic rings. The van der Waals surface area contributed by atoms with E-state index in [1.807, 2.05) is 13.8 Å². The van der Waals surface area contributed by atoms with Crippen molar-refractivity contribution >= 4 is 11.6 Å². The van der Waals surface area contributed by atoms with Crippen molar-refractivity contribution in [2.75, 3.05) is 13.2 Å². The fourth-order valence-electron chi connectivity index (χ4n) is 1.99. The standard InChI is InChI=1S/C14H20N2O4/c1-10(2)15(7-4-8-17)14(18)12-5-6-13(16(19)20)11(3)9-12/h5-6,9-10,17H,4,7-8H2,1-3H3. The largest absolute Gasteiger partial charge is 0.396 e. The summed E-state index contributed by atoms with van der Waals surface area (Å²) in [5, 5.41) is 19.6. The van der Waals surface area contributed by atoms with Crippen LogP contribution < -0.4 is 0 Å². The van der Waals surface area contributed by atoms with Crippen LogP contribution in [-0.2, 0) is 0 Å². The number of hydrogen-bond donors (Lipinski definition) is 1. The molecule has 0 saturated heterocycles. The molecule has 1 amide bonds. The van der Waals surface area contributed by atoms with Gasteiger partial charge in [0.2, 0.25) is 0 Å². The molecule has 6 heteroatoms. The Morgan fingerprint density at radius 1 is 1.45 bits per heavy atom. The van der Waals surface area contributed by atoms with Gasteiger partial charge in [-0.2, -0.15) is 0 Å². The van der Waals surface area contributed by atoms with Crippen molar-refractivity contribution in [2.24, 2.45) is 0 Å². The van der Waals surface area contributed by atoms with Crippen LogP contribution in [0.4, 0.5) is 5.69 Å². The Morgan fingerprint density at radius 2 is 2.10 bits per heavy atom. The second-order valence-corrected chi connectivity index (χ2v) is 4.93. The van der Waals surface area contributed by atoms with Gasteiger partial charge in [-0.3, -0.25) is 14.9 Å². The molecule has 0 saturated carbocycles. The number of aryl methyl sites for hydroxylation is 1. The second-order valence-electron chi connectivity index (χ2n) is 4.93. The summed E-state index contributed by atoms with van der Waals surface area (Å²) in [6.45, 7) is 5.89. The fourth-order valence-corrected chi connectivity index (χ4v) is 1.99. The van der Waals surface area contributed by atoms with Crippen LogP contribution in [-0.4, -0.2) is 40.0 Å². The lowest BCUT2D eigenvalue weighted by atomic mass is 10.1. The summed E-state index contributed by atoms with van der Waals surface area (Å²) in [6.07, 6.45) is 0.510. The highest BCUT2D eigenvalue weighted by Gasteiger charge is 2.20. The second kappa shape index (κ2) is 7.00. The maximum absolute atomic E-state index is 12.4. The number of aliphatic hydroxyl groups excluding tert-OH is 1. The number of nitro benzene ring substituents is 1. The van der Waals surface area contributed by atoms with Crippen molar-refractivity contribution in [3.05, 3.63) is 39.4 Å². The smallest absolute Gasteiger partial charge is 0.272 e. The van der Waals surface area contributed by atoms with Gasteiger partial charge in [0.15, 0.2) is 0 Å². The Labute approximate surface area is 118 Å². The van der Waals surface area contributed by atoms with E-state index in [4.69, 9.17) is 5.11 Å². The first-order valence-electron chi connectivity index (χ1n) is 6.55. The Balaban J connectivity index is 3.00. The minimum atomic E-state index is -0.463. The first-order valence-corrected chi connectivity index (χ1v) is 6.55. The zero-order chi connectivity index (χ0) is 15.3. The highest BCUT2D eigenvalue weighted by Crippen LogP contribution is 2.20. The molecule has 0 atom stereocenters. The molecule has 0 aliphatic carbocycles. The van der Waals surface area contributed by atoms with Gasteiger partial charge in [-0.15, -0.1) is 0 Å². The molecule has 1 aromatic rings. The van der Waals surface area contributed by atoms with E-state index in [9.17, 15) is 14.9 Å². The van der Waals surface area contributed by atoms with Crippen LogP contribution >= 0.6 is 0 Å². The molecule has 1 aromatic carbocycles. The summed E-state index contributed by atoms with van der Waals surface area (Å²) in [5.74, 6) is -0.175. The predicted molar refractivity (Wildman–Crippen MR) is 75.7 cm³/mol. The van der Waals surface area contributed by atoms with Gasteiger partial charge in [-0.1, -0.05) is 0 Å². The molecule has 1 rings (SSSR count). The highest BCUT2D eigenvalue weighted by atomic mass is 16.6. The van der Waals surface area contributed by atoms with Crippen molar-refractivity contribution in [3.63, 3.8) is 0 Å². The van der Waals surface area contributed by atoms with Gasteiger partial charge in [0.25, 0.3) is 11.6 Å². The van der Waals surface area contributed by atoms with Crippen LogP contribution in [0.1, 0.15) is 36.2 Å². The van der Waals surface area contributed by atoms with Gasteiger partial charge in [0.05, 0.1) is 4.92 Å². The summed E-state index contributed by atoms with van der Waals surface area (Å²) in [6, 6.07) is 4.37. The number of aliphatic hydroxyl groups is 1. The molecule has 0 bridgehead atoms. The average Bonchev–Trinajstić information content (AvgIpc) is 2.37. The maximum Gasteiger partial charge on any atom is 0.272 e. The zero-order valence-corrected chi connectivity index (χ0v) is 12.0.